The molecule has 0 bridgehead atoms. The molecule has 1 heterocycles. The third kappa shape index (κ3) is 5.79. The monoisotopic (exact) mass is 294 g/mol. The van der Waals surface area contributed by atoms with E-state index in [4.69, 9.17) is 9.41 Å². The van der Waals surface area contributed by atoms with Crippen molar-refractivity contribution >= 4 is 5.96 Å². The van der Waals surface area contributed by atoms with Crippen molar-refractivity contribution in [3.05, 3.63) is 24.2 Å². The first-order chi connectivity index (χ1) is 10.1. The van der Waals surface area contributed by atoms with Gasteiger partial charge < -0.3 is 15.1 Å². The maximum Gasteiger partial charge on any atom is 0.191 e. The number of aliphatic imine (C=N–C) groups is 1. The second-order valence-electron chi connectivity index (χ2n) is 5.27. The summed E-state index contributed by atoms with van der Waals surface area (Å²) in [6.07, 6.45) is 1.73. The molecule has 0 saturated carbocycles. The Hall–Kier alpha value is -1.49. The lowest BCUT2D eigenvalue weighted by Crippen LogP contribution is -2.41. The summed E-state index contributed by atoms with van der Waals surface area (Å²) in [5.74, 6) is 1.83. The van der Waals surface area contributed by atoms with Gasteiger partial charge in [0.05, 0.1) is 18.8 Å². The summed E-state index contributed by atoms with van der Waals surface area (Å²) >= 11 is 0. The Labute approximate surface area is 128 Å². The van der Waals surface area contributed by atoms with E-state index < -0.39 is 0 Å². The van der Waals surface area contributed by atoms with E-state index in [1.54, 1.807) is 6.26 Å². The average Bonchev–Trinajstić information content (AvgIpc) is 2.96. The molecule has 1 atom stereocenters. The van der Waals surface area contributed by atoms with Gasteiger partial charge in [-0.1, -0.05) is 13.8 Å². The van der Waals surface area contributed by atoms with E-state index in [1.807, 2.05) is 12.1 Å². The van der Waals surface area contributed by atoms with Crippen LogP contribution in [0, 0.1) is 0 Å². The van der Waals surface area contributed by atoms with Gasteiger partial charge in [0.1, 0.15) is 5.76 Å². The topological polar surface area (TPSA) is 52.8 Å². The van der Waals surface area contributed by atoms with Crippen LogP contribution in [-0.4, -0.2) is 43.1 Å². The molecule has 0 fully saturated rings. The lowest BCUT2D eigenvalue weighted by molar-refractivity contribution is 0.198. The smallest absolute Gasteiger partial charge is 0.191 e. The minimum Gasteiger partial charge on any atom is -0.468 e. The van der Waals surface area contributed by atoms with Gasteiger partial charge in [-0.15, -0.1) is 0 Å². The largest absolute Gasteiger partial charge is 0.468 e. The van der Waals surface area contributed by atoms with Crippen LogP contribution in [0.4, 0.5) is 0 Å². The third-order valence-corrected chi connectivity index (χ3v) is 3.32. The number of hydrogen-bond acceptors (Lipinski definition) is 3. The fraction of sp³-hybridized carbons (Fsp3) is 0.688. The van der Waals surface area contributed by atoms with Crippen LogP contribution >= 0.6 is 0 Å². The van der Waals surface area contributed by atoms with Crippen molar-refractivity contribution in [1.82, 2.24) is 15.5 Å². The van der Waals surface area contributed by atoms with E-state index in [0.717, 1.165) is 31.4 Å². The molecule has 21 heavy (non-hydrogen) atoms. The van der Waals surface area contributed by atoms with Gasteiger partial charge in [-0.25, -0.2) is 0 Å². The standard InChI is InChI=1S/C16H30N4O/c1-6-17-16(19-13(4)5)18-12-14(20(7-2)8-3)15-10-9-11-21-15/h9-11,13-14H,6-8,12H2,1-5H3,(H2,17,18,19). The van der Waals surface area contributed by atoms with E-state index in [9.17, 15) is 0 Å². The summed E-state index contributed by atoms with van der Waals surface area (Å²) in [6, 6.07) is 4.50. The van der Waals surface area contributed by atoms with Gasteiger partial charge in [0.2, 0.25) is 0 Å². The van der Waals surface area contributed by atoms with Crippen molar-refractivity contribution in [2.75, 3.05) is 26.2 Å². The number of rotatable bonds is 8. The summed E-state index contributed by atoms with van der Waals surface area (Å²) < 4.78 is 5.60. The van der Waals surface area contributed by atoms with Crippen LogP contribution in [0.1, 0.15) is 46.4 Å². The van der Waals surface area contributed by atoms with Gasteiger partial charge in [0, 0.05) is 12.6 Å². The van der Waals surface area contributed by atoms with Crippen molar-refractivity contribution in [2.45, 2.75) is 46.7 Å². The van der Waals surface area contributed by atoms with Gasteiger partial charge in [0.25, 0.3) is 0 Å². The Kier molecular flexibility index (Phi) is 7.90. The van der Waals surface area contributed by atoms with E-state index in [1.165, 1.54) is 0 Å². The summed E-state index contributed by atoms with van der Waals surface area (Å²) in [5.41, 5.74) is 0. The van der Waals surface area contributed by atoms with E-state index >= 15 is 0 Å². The second-order valence-corrected chi connectivity index (χ2v) is 5.27. The first-order valence-electron chi connectivity index (χ1n) is 7.94. The zero-order valence-corrected chi connectivity index (χ0v) is 14.0. The van der Waals surface area contributed by atoms with Crippen molar-refractivity contribution in [3.8, 4) is 0 Å². The van der Waals surface area contributed by atoms with E-state index in [2.05, 4.69) is 50.2 Å². The molecule has 1 aromatic heterocycles. The van der Waals surface area contributed by atoms with E-state index in [-0.39, 0.29) is 6.04 Å². The molecule has 0 amide bonds. The Bertz CT molecular complexity index is 396. The Morgan fingerprint density at radius 1 is 1.29 bits per heavy atom. The molecule has 1 unspecified atom stereocenters. The molecule has 2 N–H and O–H groups in total. The SMILES string of the molecule is CCNC(=NCC(c1ccco1)N(CC)CC)NC(C)C. The number of guanidine groups is 1. The number of nitrogens with one attached hydrogen (secondary N) is 2. The first kappa shape index (κ1) is 17.6. The second kappa shape index (κ2) is 9.45. The molecule has 0 spiro atoms. The van der Waals surface area contributed by atoms with Gasteiger partial charge in [-0.2, -0.15) is 0 Å². The molecule has 0 aliphatic carbocycles. The van der Waals surface area contributed by atoms with Crippen LogP contribution in [-0.2, 0) is 0 Å². The number of likely N-dealkylation sites (N-methyl/N-ethyl adjacent to an activating group) is 1. The van der Waals surface area contributed by atoms with Crippen LogP contribution in [0.5, 0.6) is 0 Å². The summed E-state index contributed by atoms with van der Waals surface area (Å²) in [4.78, 5) is 7.08. The van der Waals surface area contributed by atoms with Crippen molar-refractivity contribution < 1.29 is 4.42 Å². The fourth-order valence-electron chi connectivity index (χ4n) is 2.30. The molecular formula is C16H30N4O. The normalized spacial score (nSPS) is 13.8. The molecule has 0 aromatic carbocycles. The highest BCUT2D eigenvalue weighted by Gasteiger charge is 2.20. The quantitative estimate of drug-likeness (QED) is 0.571. The van der Waals surface area contributed by atoms with Crippen LogP contribution in [0.3, 0.4) is 0 Å². The Balaban J connectivity index is 2.84. The molecule has 120 valence electrons. The molecule has 5 heteroatoms. The molecule has 0 aliphatic rings. The lowest BCUT2D eigenvalue weighted by Gasteiger charge is -2.27. The van der Waals surface area contributed by atoms with Crippen LogP contribution in [0.2, 0.25) is 0 Å². The molecule has 0 saturated heterocycles. The van der Waals surface area contributed by atoms with Gasteiger partial charge in [-0.3, -0.25) is 9.89 Å². The zero-order chi connectivity index (χ0) is 15.7. The highest BCUT2D eigenvalue weighted by atomic mass is 16.3. The van der Waals surface area contributed by atoms with Crippen LogP contribution < -0.4 is 10.6 Å². The minimum absolute atomic E-state index is 0.178. The lowest BCUT2D eigenvalue weighted by atomic mass is 10.2. The Morgan fingerprint density at radius 3 is 2.48 bits per heavy atom. The van der Waals surface area contributed by atoms with Gasteiger partial charge >= 0.3 is 0 Å². The average molecular weight is 294 g/mol. The van der Waals surface area contributed by atoms with Crippen molar-refractivity contribution in [3.63, 3.8) is 0 Å². The minimum atomic E-state index is 0.178. The van der Waals surface area contributed by atoms with Gasteiger partial charge in [-0.05, 0) is 46.0 Å². The van der Waals surface area contributed by atoms with Crippen LogP contribution in [0.15, 0.2) is 27.8 Å². The third-order valence-electron chi connectivity index (χ3n) is 3.32. The van der Waals surface area contributed by atoms with E-state index in [0.29, 0.717) is 12.6 Å². The first-order valence-corrected chi connectivity index (χ1v) is 7.94. The highest BCUT2D eigenvalue weighted by Crippen LogP contribution is 2.21. The summed E-state index contributed by atoms with van der Waals surface area (Å²) in [7, 11) is 0. The fourth-order valence-corrected chi connectivity index (χ4v) is 2.30. The number of hydrogen-bond donors (Lipinski definition) is 2. The molecule has 1 rings (SSSR count). The maximum atomic E-state index is 5.60. The number of furan rings is 1. The molecule has 5 nitrogen and oxygen atoms in total. The highest BCUT2D eigenvalue weighted by molar-refractivity contribution is 5.80. The summed E-state index contributed by atoms with van der Waals surface area (Å²) in [6.45, 7) is 14.1. The molecule has 0 radical (unpaired) electrons. The Morgan fingerprint density at radius 2 is 2.00 bits per heavy atom. The predicted molar refractivity (Wildman–Crippen MR) is 88.6 cm³/mol. The predicted octanol–water partition coefficient (Wildman–Crippen LogP) is 2.63. The maximum absolute atomic E-state index is 5.60. The molecular weight excluding hydrogens is 264 g/mol. The van der Waals surface area contributed by atoms with Crippen molar-refractivity contribution in [2.24, 2.45) is 4.99 Å². The van der Waals surface area contributed by atoms with Crippen LogP contribution in [0.25, 0.3) is 0 Å². The van der Waals surface area contributed by atoms with Gasteiger partial charge in [0.15, 0.2) is 5.96 Å². The molecule has 0 aliphatic heterocycles. The van der Waals surface area contributed by atoms with Crippen molar-refractivity contribution in [1.29, 1.82) is 0 Å². The molecule has 1 aromatic rings. The number of nitrogens with zero attached hydrogens (tertiary/aromatic N) is 2. The zero-order valence-electron chi connectivity index (χ0n) is 14.0. The summed E-state index contributed by atoms with van der Waals surface area (Å²) in [5, 5.41) is 6.63.